The van der Waals surface area contributed by atoms with Crippen LogP contribution in [0, 0.1) is 13.8 Å². The first-order valence-electron chi connectivity index (χ1n) is 11.7. The number of pyridine rings is 1. The van der Waals surface area contributed by atoms with Gasteiger partial charge >= 0.3 is 0 Å². The van der Waals surface area contributed by atoms with Gasteiger partial charge in [0, 0.05) is 18.4 Å². The molecule has 1 heterocycles. The molecule has 1 aromatic heterocycles. The van der Waals surface area contributed by atoms with E-state index in [-0.39, 0.29) is 10.8 Å². The molecule has 32 heavy (non-hydrogen) atoms. The number of nitrogens with zero attached hydrogens (tertiary/aromatic N) is 1. The number of hydrogen-bond donors (Lipinski definition) is 0. The molecular formula is C31H34N+. The monoisotopic (exact) mass is 420 g/mol. The molecular weight excluding hydrogens is 386 g/mol. The topological polar surface area (TPSA) is 3.88 Å². The Balaban J connectivity index is 1.81. The van der Waals surface area contributed by atoms with Crippen LogP contribution in [-0.4, -0.2) is 0 Å². The van der Waals surface area contributed by atoms with Crippen LogP contribution in [0.15, 0.2) is 60.7 Å². The number of rotatable bonds is 1. The number of benzene rings is 3. The Morgan fingerprint density at radius 1 is 0.750 bits per heavy atom. The van der Waals surface area contributed by atoms with Crippen LogP contribution in [0.1, 0.15) is 62.6 Å². The lowest BCUT2D eigenvalue weighted by atomic mass is 9.81. The second-order valence-electron chi connectivity index (χ2n) is 11.1. The van der Waals surface area contributed by atoms with Crippen LogP contribution in [0.5, 0.6) is 0 Å². The minimum Gasteiger partial charge on any atom is -0.198 e. The Morgan fingerprint density at radius 2 is 1.47 bits per heavy atom. The zero-order chi connectivity index (χ0) is 23.0. The fourth-order valence-electron chi connectivity index (χ4n) is 5.48. The van der Waals surface area contributed by atoms with Gasteiger partial charge in [-0.2, -0.15) is 4.57 Å². The van der Waals surface area contributed by atoms with E-state index in [1.54, 1.807) is 0 Å². The van der Waals surface area contributed by atoms with Crippen LogP contribution < -0.4 is 4.57 Å². The number of aryl methyl sites for hydroxylation is 2. The predicted molar refractivity (Wildman–Crippen MR) is 136 cm³/mol. The molecule has 0 radical (unpaired) electrons. The Morgan fingerprint density at radius 3 is 2.19 bits per heavy atom. The Kier molecular flexibility index (Phi) is 4.44. The lowest BCUT2D eigenvalue weighted by Crippen LogP contribution is -2.35. The van der Waals surface area contributed by atoms with Crippen molar-refractivity contribution in [2.75, 3.05) is 0 Å². The molecule has 1 nitrogen and oxygen atoms in total. The number of fused-ring (bicyclic) bond motifs is 4. The Labute approximate surface area is 192 Å². The average Bonchev–Trinajstić information content (AvgIpc) is 2.95. The predicted octanol–water partition coefficient (Wildman–Crippen LogP) is 7.55. The normalized spacial score (nSPS) is 14.5. The third-order valence-electron chi connectivity index (χ3n) is 7.59. The fraction of sp³-hybridized carbons (Fsp3) is 0.323. The molecule has 0 aliphatic heterocycles. The maximum absolute atomic E-state index is 2.47. The quantitative estimate of drug-likeness (QED) is 0.280. The zero-order valence-corrected chi connectivity index (χ0v) is 20.7. The van der Waals surface area contributed by atoms with Gasteiger partial charge in [0.25, 0.3) is 0 Å². The highest BCUT2D eigenvalue weighted by atomic mass is 14.9. The first-order valence-corrected chi connectivity index (χ1v) is 11.7. The first-order chi connectivity index (χ1) is 15.0. The lowest BCUT2D eigenvalue weighted by Gasteiger charge is -2.23. The van der Waals surface area contributed by atoms with Crippen molar-refractivity contribution < 1.29 is 4.57 Å². The molecule has 3 aromatic carbocycles. The van der Waals surface area contributed by atoms with Crippen LogP contribution >= 0.6 is 0 Å². The Hall–Kier alpha value is -2.93. The summed E-state index contributed by atoms with van der Waals surface area (Å²) in [5.74, 6) is 0. The molecule has 1 aliphatic carbocycles. The van der Waals surface area contributed by atoms with Gasteiger partial charge in [-0.25, -0.2) is 0 Å². The van der Waals surface area contributed by atoms with Crippen LogP contribution in [0.3, 0.4) is 0 Å². The van der Waals surface area contributed by atoms with Crippen molar-refractivity contribution in [3.05, 3.63) is 88.6 Å². The minimum absolute atomic E-state index is 0.00593. The van der Waals surface area contributed by atoms with Crippen LogP contribution in [-0.2, 0) is 17.9 Å². The molecule has 5 rings (SSSR count). The summed E-state index contributed by atoms with van der Waals surface area (Å²) < 4.78 is 2.36. The molecule has 0 amide bonds. The minimum atomic E-state index is 0.00593. The maximum atomic E-state index is 2.47. The van der Waals surface area contributed by atoms with Gasteiger partial charge in [-0.05, 0) is 63.2 Å². The van der Waals surface area contributed by atoms with E-state index in [0.717, 1.165) is 0 Å². The van der Waals surface area contributed by atoms with Crippen LogP contribution in [0.4, 0.5) is 0 Å². The number of hydrogen-bond acceptors (Lipinski definition) is 0. The van der Waals surface area contributed by atoms with Crippen molar-refractivity contribution in [2.45, 2.75) is 59.3 Å². The van der Waals surface area contributed by atoms with E-state index < -0.39 is 0 Å². The van der Waals surface area contributed by atoms with E-state index in [9.17, 15) is 0 Å². The van der Waals surface area contributed by atoms with Gasteiger partial charge < -0.3 is 0 Å². The van der Waals surface area contributed by atoms with Gasteiger partial charge in [0.05, 0.1) is 10.9 Å². The second-order valence-corrected chi connectivity index (χ2v) is 11.1. The van der Waals surface area contributed by atoms with Gasteiger partial charge in [0.2, 0.25) is 5.69 Å². The molecule has 0 bridgehead atoms. The summed E-state index contributed by atoms with van der Waals surface area (Å²) in [5, 5.41) is 2.65. The van der Waals surface area contributed by atoms with E-state index in [4.69, 9.17) is 0 Å². The highest BCUT2D eigenvalue weighted by molar-refractivity contribution is 5.96. The third kappa shape index (κ3) is 2.94. The summed E-state index contributed by atoms with van der Waals surface area (Å²) in [4.78, 5) is 0. The molecule has 162 valence electrons. The van der Waals surface area contributed by atoms with E-state index in [1.807, 2.05) is 0 Å². The summed E-state index contributed by atoms with van der Waals surface area (Å²) in [6, 6.07) is 23.1. The Bertz CT molecular complexity index is 1400. The molecule has 4 aromatic rings. The third-order valence-corrected chi connectivity index (χ3v) is 7.59. The summed E-state index contributed by atoms with van der Waals surface area (Å²) in [7, 11) is 2.20. The lowest BCUT2D eigenvalue weighted by molar-refractivity contribution is -0.665. The summed E-state index contributed by atoms with van der Waals surface area (Å²) in [6.45, 7) is 16.1. The van der Waals surface area contributed by atoms with Crippen molar-refractivity contribution in [3.63, 3.8) is 0 Å². The SMILES string of the molecule is Cc1cc2c(cc1-c1c3ccc(C(C)(C)C)cc3cc(C)[n+]1C)C(C)(C)c1ccccc1-2. The molecule has 0 fully saturated rings. The second kappa shape index (κ2) is 6.78. The smallest absolute Gasteiger partial charge is 0.198 e. The molecule has 0 N–H and O–H groups in total. The molecule has 1 heteroatoms. The van der Waals surface area contributed by atoms with Crippen molar-refractivity contribution in [1.82, 2.24) is 0 Å². The highest BCUT2D eigenvalue weighted by Gasteiger charge is 2.36. The van der Waals surface area contributed by atoms with Gasteiger partial charge in [0.1, 0.15) is 7.05 Å². The largest absolute Gasteiger partial charge is 0.220 e. The van der Waals surface area contributed by atoms with Crippen molar-refractivity contribution in [1.29, 1.82) is 0 Å². The van der Waals surface area contributed by atoms with Gasteiger partial charge in [-0.3, -0.25) is 0 Å². The highest BCUT2D eigenvalue weighted by Crippen LogP contribution is 2.50. The molecule has 0 spiro atoms. The van der Waals surface area contributed by atoms with Crippen molar-refractivity contribution in [2.24, 2.45) is 7.05 Å². The van der Waals surface area contributed by atoms with Gasteiger partial charge in [0.15, 0.2) is 5.69 Å². The molecule has 0 saturated heterocycles. The van der Waals surface area contributed by atoms with Crippen LogP contribution in [0.2, 0.25) is 0 Å². The van der Waals surface area contributed by atoms with Gasteiger partial charge in [-0.15, -0.1) is 0 Å². The summed E-state index contributed by atoms with van der Waals surface area (Å²) in [6.07, 6.45) is 0. The number of aromatic nitrogens is 1. The molecule has 0 unspecified atom stereocenters. The maximum Gasteiger partial charge on any atom is 0.220 e. The van der Waals surface area contributed by atoms with E-state index in [2.05, 4.69) is 121 Å². The van der Waals surface area contributed by atoms with Gasteiger partial charge in [-0.1, -0.05) is 77.1 Å². The molecule has 1 aliphatic rings. The average molecular weight is 421 g/mol. The van der Waals surface area contributed by atoms with Crippen molar-refractivity contribution >= 4 is 10.8 Å². The molecule has 0 saturated carbocycles. The summed E-state index contributed by atoms with van der Waals surface area (Å²) >= 11 is 0. The summed E-state index contributed by atoms with van der Waals surface area (Å²) in [5.41, 5.74) is 12.4. The standard InChI is InChI=1S/C31H34N/c1-19-15-26-24-11-9-10-12-27(24)31(6,7)28(26)18-25(19)29-23-14-13-22(30(3,4)5)17-21(23)16-20(2)32(29)8/h9-18H,1-8H3/q+1. The van der Waals surface area contributed by atoms with E-state index in [0.29, 0.717) is 0 Å². The fourth-order valence-corrected chi connectivity index (χ4v) is 5.48. The first kappa shape index (κ1) is 20.9. The molecule has 0 atom stereocenters. The zero-order valence-electron chi connectivity index (χ0n) is 20.7. The van der Waals surface area contributed by atoms with Crippen LogP contribution in [0.25, 0.3) is 33.2 Å². The van der Waals surface area contributed by atoms with Crippen molar-refractivity contribution in [3.8, 4) is 22.4 Å². The van der Waals surface area contributed by atoms with E-state index >= 15 is 0 Å². The van der Waals surface area contributed by atoms with E-state index in [1.165, 1.54) is 61.1 Å².